The van der Waals surface area contributed by atoms with Gasteiger partial charge in [-0.25, -0.2) is 9.97 Å². The van der Waals surface area contributed by atoms with Crippen LogP contribution in [0.3, 0.4) is 0 Å². The summed E-state index contributed by atoms with van der Waals surface area (Å²) in [5.74, 6) is 1.63. The van der Waals surface area contributed by atoms with E-state index >= 15 is 0 Å². The Bertz CT molecular complexity index is 1020. The van der Waals surface area contributed by atoms with Crippen molar-refractivity contribution in [2.24, 2.45) is 0 Å². The Kier molecular flexibility index (Phi) is 4.85. The predicted molar refractivity (Wildman–Crippen MR) is 107 cm³/mol. The maximum Gasteiger partial charge on any atom is 0.230 e. The zero-order chi connectivity index (χ0) is 18.6. The summed E-state index contributed by atoms with van der Waals surface area (Å²) >= 11 is 0. The second kappa shape index (κ2) is 7.60. The average Bonchev–Trinajstić information content (AvgIpc) is 3.08. The van der Waals surface area contributed by atoms with Crippen molar-refractivity contribution in [3.8, 4) is 28.2 Å². The summed E-state index contributed by atoms with van der Waals surface area (Å²) in [6.07, 6.45) is 3.31. The van der Waals surface area contributed by atoms with Crippen LogP contribution in [0, 0.1) is 0 Å². The molecule has 0 N–H and O–H groups in total. The summed E-state index contributed by atoms with van der Waals surface area (Å²) in [6, 6.07) is 18.1. The minimum Gasteiger partial charge on any atom is -0.492 e. The number of nitrogens with zero attached hydrogens (tertiary/aromatic N) is 3. The molecule has 0 spiro atoms. The largest absolute Gasteiger partial charge is 0.492 e. The molecule has 0 atom stereocenters. The van der Waals surface area contributed by atoms with Crippen LogP contribution in [0.15, 0.2) is 71.5 Å². The molecular formula is C22H21N3O2. The molecule has 0 unspecified atom stereocenters. The Morgan fingerprint density at radius 3 is 2.48 bits per heavy atom. The molecule has 0 fully saturated rings. The molecule has 27 heavy (non-hydrogen) atoms. The predicted octanol–water partition coefficient (Wildman–Crippen LogP) is 4.50. The van der Waals surface area contributed by atoms with E-state index in [0.29, 0.717) is 12.3 Å². The smallest absolute Gasteiger partial charge is 0.230 e. The van der Waals surface area contributed by atoms with Crippen molar-refractivity contribution < 1.29 is 9.15 Å². The lowest BCUT2D eigenvalue weighted by molar-refractivity contribution is 0.261. The quantitative estimate of drug-likeness (QED) is 0.507. The molecule has 0 saturated heterocycles. The Hall–Kier alpha value is -3.18. The minimum atomic E-state index is 0.588. The summed E-state index contributed by atoms with van der Waals surface area (Å²) in [7, 11) is 4.06. The first-order valence-electron chi connectivity index (χ1n) is 8.88. The molecule has 2 aromatic carbocycles. The van der Waals surface area contributed by atoms with Crippen molar-refractivity contribution in [1.82, 2.24) is 14.9 Å². The van der Waals surface area contributed by atoms with E-state index in [0.717, 1.165) is 40.1 Å². The molecule has 0 aliphatic rings. The van der Waals surface area contributed by atoms with E-state index in [1.165, 1.54) is 6.33 Å². The number of aromatic nitrogens is 2. The first-order valence-corrected chi connectivity index (χ1v) is 8.88. The third-order valence-electron chi connectivity index (χ3n) is 4.36. The highest BCUT2D eigenvalue weighted by molar-refractivity contribution is 5.99. The highest BCUT2D eigenvalue weighted by Crippen LogP contribution is 2.40. The zero-order valence-electron chi connectivity index (χ0n) is 15.4. The van der Waals surface area contributed by atoms with Gasteiger partial charge in [0, 0.05) is 23.9 Å². The first-order chi connectivity index (χ1) is 13.2. The summed E-state index contributed by atoms with van der Waals surface area (Å²) in [5, 5.41) is 0.907. The van der Waals surface area contributed by atoms with E-state index in [-0.39, 0.29) is 0 Å². The molecule has 4 rings (SSSR count). The van der Waals surface area contributed by atoms with Crippen LogP contribution >= 0.6 is 0 Å². The fraction of sp³-hybridized carbons (Fsp3) is 0.182. The molecule has 2 aromatic heterocycles. The van der Waals surface area contributed by atoms with E-state index in [9.17, 15) is 0 Å². The third kappa shape index (κ3) is 3.68. The normalized spacial score (nSPS) is 11.2. The molecule has 5 nitrogen and oxygen atoms in total. The standard InChI is InChI=1S/C22H21N3O2/c1-25(2)12-13-26-18-10-8-17(9-11-18)21-20(16-6-4-3-5-7-16)19-14-23-15-24-22(19)27-21/h3-11,14-15H,12-13H2,1-2H3. The van der Waals surface area contributed by atoms with Gasteiger partial charge in [0.1, 0.15) is 24.4 Å². The summed E-state index contributed by atoms with van der Waals surface area (Å²) in [4.78, 5) is 10.5. The third-order valence-corrected chi connectivity index (χ3v) is 4.36. The lowest BCUT2D eigenvalue weighted by atomic mass is 10.00. The lowest BCUT2D eigenvalue weighted by Crippen LogP contribution is -2.19. The number of rotatable bonds is 6. The maximum absolute atomic E-state index is 6.09. The SMILES string of the molecule is CN(C)CCOc1ccc(-c2oc3ncncc3c2-c2ccccc2)cc1. The number of ether oxygens (including phenoxy) is 1. The molecule has 2 heterocycles. The molecule has 0 aliphatic carbocycles. The lowest BCUT2D eigenvalue weighted by Gasteiger charge is -2.11. The van der Waals surface area contributed by atoms with E-state index in [2.05, 4.69) is 27.0 Å². The van der Waals surface area contributed by atoms with E-state index in [4.69, 9.17) is 9.15 Å². The minimum absolute atomic E-state index is 0.588. The molecule has 0 radical (unpaired) electrons. The number of hydrogen-bond acceptors (Lipinski definition) is 5. The monoisotopic (exact) mass is 359 g/mol. The first kappa shape index (κ1) is 17.2. The van der Waals surface area contributed by atoms with Crippen LogP contribution in [0.4, 0.5) is 0 Å². The van der Waals surface area contributed by atoms with Crippen molar-refractivity contribution in [3.63, 3.8) is 0 Å². The van der Waals surface area contributed by atoms with E-state index in [1.54, 1.807) is 6.20 Å². The average molecular weight is 359 g/mol. The van der Waals surface area contributed by atoms with Gasteiger partial charge >= 0.3 is 0 Å². The van der Waals surface area contributed by atoms with Crippen molar-refractivity contribution >= 4 is 11.1 Å². The number of benzene rings is 2. The van der Waals surface area contributed by atoms with Gasteiger partial charge in [-0.15, -0.1) is 0 Å². The summed E-state index contributed by atoms with van der Waals surface area (Å²) in [5.41, 5.74) is 3.65. The van der Waals surface area contributed by atoms with Gasteiger partial charge < -0.3 is 14.1 Å². The van der Waals surface area contributed by atoms with Crippen LogP contribution in [-0.2, 0) is 0 Å². The summed E-state index contributed by atoms with van der Waals surface area (Å²) in [6.45, 7) is 1.53. The number of likely N-dealkylation sites (N-methyl/N-ethyl adjacent to an activating group) is 1. The Balaban J connectivity index is 1.71. The van der Waals surface area contributed by atoms with Crippen LogP contribution < -0.4 is 4.74 Å². The molecule has 4 aromatic rings. The fourth-order valence-corrected chi connectivity index (χ4v) is 2.98. The number of fused-ring (bicyclic) bond motifs is 1. The van der Waals surface area contributed by atoms with Gasteiger partial charge in [-0.05, 0) is 43.9 Å². The van der Waals surface area contributed by atoms with E-state index in [1.807, 2.05) is 56.6 Å². The fourth-order valence-electron chi connectivity index (χ4n) is 2.98. The van der Waals surface area contributed by atoms with Crippen molar-refractivity contribution in [3.05, 3.63) is 67.1 Å². The molecule has 5 heteroatoms. The van der Waals surface area contributed by atoms with Gasteiger partial charge in [-0.3, -0.25) is 0 Å². The van der Waals surface area contributed by atoms with Gasteiger partial charge in [0.15, 0.2) is 0 Å². The number of hydrogen-bond donors (Lipinski definition) is 0. The second-order valence-electron chi connectivity index (χ2n) is 6.59. The number of furan rings is 1. The Labute approximate surface area is 158 Å². The van der Waals surface area contributed by atoms with Crippen LogP contribution in [0.5, 0.6) is 5.75 Å². The van der Waals surface area contributed by atoms with Crippen LogP contribution in [0.2, 0.25) is 0 Å². The maximum atomic E-state index is 6.09. The highest BCUT2D eigenvalue weighted by Gasteiger charge is 2.18. The molecule has 0 saturated carbocycles. The van der Waals surface area contributed by atoms with Crippen LogP contribution in [0.25, 0.3) is 33.6 Å². The van der Waals surface area contributed by atoms with Gasteiger partial charge in [0.05, 0.1) is 5.39 Å². The molecule has 136 valence electrons. The molecular weight excluding hydrogens is 338 g/mol. The van der Waals surface area contributed by atoms with Gasteiger partial charge in [-0.1, -0.05) is 30.3 Å². The second-order valence-corrected chi connectivity index (χ2v) is 6.59. The molecule has 0 aliphatic heterocycles. The molecule has 0 bridgehead atoms. The molecule has 0 amide bonds. The van der Waals surface area contributed by atoms with Crippen molar-refractivity contribution in [1.29, 1.82) is 0 Å². The van der Waals surface area contributed by atoms with Gasteiger partial charge in [0.2, 0.25) is 5.71 Å². The Morgan fingerprint density at radius 1 is 0.963 bits per heavy atom. The zero-order valence-corrected chi connectivity index (χ0v) is 15.4. The van der Waals surface area contributed by atoms with Gasteiger partial charge in [0.25, 0.3) is 0 Å². The van der Waals surface area contributed by atoms with Gasteiger partial charge in [-0.2, -0.15) is 0 Å². The van der Waals surface area contributed by atoms with E-state index < -0.39 is 0 Å². The van der Waals surface area contributed by atoms with Crippen LogP contribution in [-0.4, -0.2) is 42.1 Å². The Morgan fingerprint density at radius 2 is 1.74 bits per heavy atom. The van der Waals surface area contributed by atoms with Crippen LogP contribution in [0.1, 0.15) is 0 Å². The van der Waals surface area contributed by atoms with Crippen molar-refractivity contribution in [2.75, 3.05) is 27.2 Å². The van der Waals surface area contributed by atoms with Crippen molar-refractivity contribution in [2.45, 2.75) is 0 Å². The summed E-state index contributed by atoms with van der Waals surface area (Å²) < 4.78 is 11.9. The highest BCUT2D eigenvalue weighted by atomic mass is 16.5. The topological polar surface area (TPSA) is 51.4 Å².